The van der Waals surface area contributed by atoms with E-state index in [-0.39, 0.29) is 0 Å². The number of carbonyl (C=O) groups excluding carboxylic acids is 1. The van der Waals surface area contributed by atoms with Crippen LogP contribution in [0, 0.1) is 0 Å². The summed E-state index contributed by atoms with van der Waals surface area (Å²) in [5.74, 6) is 0.631. The lowest BCUT2D eigenvalue weighted by molar-refractivity contribution is 0.280. The lowest BCUT2D eigenvalue weighted by atomic mass is 10.8. The smallest absolute Gasteiger partial charge is 0.247 e. The highest BCUT2D eigenvalue weighted by Crippen LogP contribution is 2.60. The van der Waals surface area contributed by atoms with Crippen molar-refractivity contribution in [2.45, 2.75) is 13.8 Å². The van der Waals surface area contributed by atoms with Crippen molar-refractivity contribution in [3.8, 4) is 0 Å². The van der Waals surface area contributed by atoms with Gasteiger partial charge in [-0.2, -0.15) is 0 Å². The van der Waals surface area contributed by atoms with E-state index < -0.39 is 5.69 Å². The molecule has 0 aromatic carbocycles. The van der Waals surface area contributed by atoms with Crippen molar-refractivity contribution < 1.29 is 13.8 Å². The molecule has 0 spiro atoms. The third-order valence-corrected chi connectivity index (χ3v) is 6.63. The summed E-state index contributed by atoms with van der Waals surface area (Å²) in [4.78, 5) is 13.2. The Morgan fingerprint density at radius 1 is 1.43 bits per heavy atom. The Morgan fingerprint density at radius 3 is 2.43 bits per heavy atom. The molecule has 0 aliphatic rings. The summed E-state index contributed by atoms with van der Waals surface area (Å²) in [6.07, 6.45) is 1.48. The molecule has 0 saturated heterocycles. The van der Waals surface area contributed by atoms with Crippen molar-refractivity contribution in [1.29, 1.82) is 0 Å². The first-order valence-corrected chi connectivity index (χ1v) is 8.48. The van der Waals surface area contributed by atoms with E-state index in [0.717, 1.165) is 0 Å². The maximum Gasteiger partial charge on any atom is 0.247 e. The van der Waals surface area contributed by atoms with Crippen molar-refractivity contribution in [2.75, 3.05) is 25.5 Å². The molecule has 0 saturated carbocycles. The largest absolute Gasteiger partial charge is 0.322 e. The minimum atomic E-state index is -2.20. The van der Waals surface area contributed by atoms with Crippen molar-refractivity contribution in [2.24, 2.45) is 4.99 Å². The van der Waals surface area contributed by atoms with Gasteiger partial charge in [0, 0.05) is 5.75 Å². The molecule has 0 heterocycles. The second kappa shape index (κ2) is 8.60. The maximum absolute atomic E-state index is 9.80. The predicted octanol–water partition coefficient (Wildman–Crippen LogP) is 2.35. The highest BCUT2D eigenvalue weighted by atomic mass is 32.9. The number of hydrogen-bond acceptors (Lipinski definition) is 6. The summed E-state index contributed by atoms with van der Waals surface area (Å²) >= 11 is 6.66. The second-order valence-corrected chi connectivity index (χ2v) is 8.52. The Bertz CT molecular complexity index is 233. The first kappa shape index (κ1) is 14.3. The van der Waals surface area contributed by atoms with Crippen LogP contribution >= 0.6 is 17.1 Å². The Morgan fingerprint density at radius 2 is 2.00 bits per heavy atom. The standard InChI is InChI=1S/C7H14NO3PS2/c1-3-10-12(13,11-4-2)14-6-5-8-7-9/h3-6H2,1-2H3. The quantitative estimate of drug-likeness (QED) is 0.288. The first-order valence-electron chi connectivity index (χ1n) is 4.25. The summed E-state index contributed by atoms with van der Waals surface area (Å²) in [6, 6.07) is 0. The number of aliphatic imine (C=N–C) groups is 1. The monoisotopic (exact) mass is 255 g/mol. The molecule has 0 radical (unpaired) electrons. The van der Waals surface area contributed by atoms with E-state index in [9.17, 15) is 4.79 Å². The summed E-state index contributed by atoms with van der Waals surface area (Å²) in [5, 5.41) is 0. The molecular formula is C7H14NO3PS2. The molecule has 0 rings (SSSR count). The second-order valence-electron chi connectivity index (χ2n) is 2.09. The molecule has 0 fully saturated rings. The van der Waals surface area contributed by atoms with Crippen molar-refractivity contribution >= 4 is 35.0 Å². The van der Waals surface area contributed by atoms with Crippen LogP contribution in [0.4, 0.5) is 0 Å². The van der Waals surface area contributed by atoms with Gasteiger partial charge in [0.05, 0.1) is 19.8 Å². The van der Waals surface area contributed by atoms with Crippen LogP contribution in [0.5, 0.6) is 0 Å². The molecule has 0 unspecified atom stereocenters. The average Bonchev–Trinajstić information content (AvgIpc) is 2.13. The van der Waals surface area contributed by atoms with Crippen LogP contribution in [0.2, 0.25) is 0 Å². The number of hydrogen-bond donors (Lipinski definition) is 0. The fourth-order valence-electron chi connectivity index (χ4n) is 0.672. The Hall–Kier alpha value is 0.300. The zero-order chi connectivity index (χ0) is 10.9. The third kappa shape index (κ3) is 6.71. The first-order chi connectivity index (χ1) is 6.68. The van der Waals surface area contributed by atoms with Crippen LogP contribution in [0.25, 0.3) is 0 Å². The van der Waals surface area contributed by atoms with Crippen molar-refractivity contribution in [1.82, 2.24) is 0 Å². The Labute approximate surface area is 93.4 Å². The van der Waals surface area contributed by atoms with Gasteiger partial charge in [-0.05, 0) is 25.7 Å². The minimum absolute atomic E-state index is 0.409. The number of isocyanates is 1. The van der Waals surface area contributed by atoms with Gasteiger partial charge in [0.15, 0.2) is 0 Å². The lowest BCUT2D eigenvalue weighted by Gasteiger charge is -2.19. The summed E-state index contributed by atoms with van der Waals surface area (Å²) in [7, 11) is 0. The molecule has 14 heavy (non-hydrogen) atoms. The Kier molecular flexibility index (Phi) is 8.78. The highest BCUT2D eigenvalue weighted by Gasteiger charge is 2.17. The van der Waals surface area contributed by atoms with Crippen molar-refractivity contribution in [3.05, 3.63) is 0 Å². The van der Waals surface area contributed by atoms with Gasteiger partial charge in [-0.1, -0.05) is 11.4 Å². The molecule has 0 aliphatic carbocycles. The van der Waals surface area contributed by atoms with Crippen LogP contribution in [0.15, 0.2) is 4.99 Å². The number of rotatable bonds is 8. The van der Waals surface area contributed by atoms with Gasteiger partial charge >= 0.3 is 0 Å². The van der Waals surface area contributed by atoms with Gasteiger partial charge in [-0.15, -0.1) is 0 Å². The van der Waals surface area contributed by atoms with E-state index in [1.807, 2.05) is 13.8 Å². The van der Waals surface area contributed by atoms with Crippen LogP contribution in [-0.2, 0) is 25.6 Å². The Balaban J connectivity index is 3.95. The predicted molar refractivity (Wildman–Crippen MR) is 63.0 cm³/mol. The normalized spacial score (nSPS) is 11.0. The average molecular weight is 255 g/mol. The van der Waals surface area contributed by atoms with Crippen LogP contribution in [-0.4, -0.2) is 31.6 Å². The van der Waals surface area contributed by atoms with Crippen LogP contribution < -0.4 is 0 Å². The molecule has 0 atom stereocenters. The van der Waals surface area contributed by atoms with E-state index in [1.54, 1.807) is 0 Å². The van der Waals surface area contributed by atoms with Gasteiger partial charge < -0.3 is 9.05 Å². The van der Waals surface area contributed by atoms with E-state index in [0.29, 0.717) is 25.5 Å². The molecule has 0 aliphatic heterocycles. The van der Waals surface area contributed by atoms with E-state index in [4.69, 9.17) is 20.9 Å². The fourth-order valence-corrected chi connectivity index (χ4v) is 5.22. The molecule has 0 aromatic rings. The van der Waals surface area contributed by atoms with Gasteiger partial charge in [0.1, 0.15) is 0 Å². The lowest BCUT2D eigenvalue weighted by Crippen LogP contribution is -1.94. The molecule has 0 amide bonds. The zero-order valence-corrected chi connectivity index (χ0v) is 10.8. The SMILES string of the molecule is CCOP(=S)(OCC)SCCN=C=O. The molecule has 0 N–H and O–H groups in total. The molecular weight excluding hydrogens is 241 g/mol. The molecule has 0 bridgehead atoms. The maximum atomic E-state index is 9.80. The van der Waals surface area contributed by atoms with Gasteiger partial charge in [0.2, 0.25) is 11.8 Å². The van der Waals surface area contributed by atoms with E-state index in [2.05, 4.69) is 4.99 Å². The summed E-state index contributed by atoms with van der Waals surface area (Å²) in [5.41, 5.74) is -2.20. The molecule has 0 aromatic heterocycles. The third-order valence-electron chi connectivity index (χ3n) is 1.09. The van der Waals surface area contributed by atoms with Crippen LogP contribution in [0.3, 0.4) is 0 Å². The van der Waals surface area contributed by atoms with Gasteiger partial charge in [0.25, 0.3) is 0 Å². The number of nitrogens with zero attached hydrogens (tertiary/aromatic N) is 1. The fraction of sp³-hybridized carbons (Fsp3) is 0.857. The molecule has 4 nitrogen and oxygen atoms in total. The molecule has 82 valence electrons. The topological polar surface area (TPSA) is 47.9 Å². The molecule has 7 heteroatoms. The minimum Gasteiger partial charge on any atom is -0.322 e. The van der Waals surface area contributed by atoms with E-state index in [1.165, 1.54) is 17.5 Å². The van der Waals surface area contributed by atoms with Gasteiger partial charge in [-0.3, -0.25) is 0 Å². The van der Waals surface area contributed by atoms with E-state index >= 15 is 0 Å². The highest BCUT2D eigenvalue weighted by molar-refractivity contribution is 8.67. The summed E-state index contributed by atoms with van der Waals surface area (Å²) < 4.78 is 10.8. The zero-order valence-electron chi connectivity index (χ0n) is 8.26. The summed E-state index contributed by atoms with van der Waals surface area (Å²) in [6.45, 7) is 5.25. The van der Waals surface area contributed by atoms with Crippen molar-refractivity contribution in [3.63, 3.8) is 0 Å². The van der Waals surface area contributed by atoms with Crippen LogP contribution in [0.1, 0.15) is 13.8 Å². The van der Waals surface area contributed by atoms with Gasteiger partial charge in [-0.25, -0.2) is 9.79 Å².